The maximum absolute atomic E-state index is 12.3. The molecule has 1 heterocycles. The van der Waals surface area contributed by atoms with Crippen molar-refractivity contribution in [1.82, 2.24) is 9.80 Å². The van der Waals surface area contributed by atoms with Gasteiger partial charge in [-0.15, -0.1) is 0 Å². The number of aliphatic hydroxyl groups is 1. The molecular weight excluding hydrogens is 244 g/mol. The Balaban J connectivity index is 2.66. The highest BCUT2D eigenvalue weighted by Crippen LogP contribution is 2.21. The third-order valence-corrected chi connectivity index (χ3v) is 3.22. The molecule has 1 saturated heterocycles. The van der Waals surface area contributed by atoms with Gasteiger partial charge in [0.1, 0.15) is 5.60 Å². The van der Waals surface area contributed by atoms with Gasteiger partial charge in [-0.25, -0.2) is 4.79 Å². The van der Waals surface area contributed by atoms with Crippen molar-refractivity contribution in [2.75, 3.05) is 26.2 Å². The van der Waals surface area contributed by atoms with E-state index in [4.69, 9.17) is 9.84 Å². The summed E-state index contributed by atoms with van der Waals surface area (Å²) in [6, 6.07) is 0.301. The number of hydrogen-bond acceptors (Lipinski definition) is 4. The van der Waals surface area contributed by atoms with Gasteiger partial charge in [-0.05, 0) is 41.0 Å². The van der Waals surface area contributed by atoms with Crippen molar-refractivity contribution >= 4 is 6.09 Å². The van der Waals surface area contributed by atoms with Gasteiger partial charge >= 0.3 is 6.09 Å². The lowest BCUT2D eigenvalue weighted by atomic mass is 10.2. The lowest BCUT2D eigenvalue weighted by molar-refractivity contribution is 0.00937. The van der Waals surface area contributed by atoms with E-state index in [9.17, 15) is 4.79 Å². The zero-order chi connectivity index (χ0) is 14.6. The van der Waals surface area contributed by atoms with Crippen molar-refractivity contribution in [2.24, 2.45) is 0 Å². The SMILES string of the molecule is CC(C)N(C(=O)OC(C)(C)C)C1CCN(CCO)C1. The second-order valence-electron chi connectivity index (χ2n) is 6.45. The summed E-state index contributed by atoms with van der Waals surface area (Å²) in [5, 5.41) is 8.98. The Morgan fingerprint density at radius 3 is 2.58 bits per heavy atom. The van der Waals surface area contributed by atoms with Crippen molar-refractivity contribution in [3.8, 4) is 0 Å². The minimum Gasteiger partial charge on any atom is -0.444 e. The van der Waals surface area contributed by atoms with Crippen molar-refractivity contribution in [3.05, 3.63) is 0 Å². The Bertz CT molecular complexity index is 300. The topological polar surface area (TPSA) is 53.0 Å². The summed E-state index contributed by atoms with van der Waals surface area (Å²) in [5.41, 5.74) is -0.465. The van der Waals surface area contributed by atoms with E-state index in [1.54, 1.807) is 0 Å². The molecule has 1 aliphatic heterocycles. The summed E-state index contributed by atoms with van der Waals surface area (Å²) in [4.78, 5) is 16.3. The van der Waals surface area contributed by atoms with Gasteiger partial charge < -0.3 is 14.7 Å². The van der Waals surface area contributed by atoms with Crippen LogP contribution >= 0.6 is 0 Å². The number of ether oxygens (including phenoxy) is 1. The van der Waals surface area contributed by atoms with E-state index in [0.29, 0.717) is 6.54 Å². The number of nitrogens with zero attached hydrogens (tertiary/aromatic N) is 2. The van der Waals surface area contributed by atoms with E-state index in [2.05, 4.69) is 4.90 Å². The molecule has 1 fully saturated rings. The molecule has 1 unspecified atom stereocenters. The quantitative estimate of drug-likeness (QED) is 0.846. The number of hydrogen-bond donors (Lipinski definition) is 1. The van der Waals surface area contributed by atoms with Gasteiger partial charge in [0.2, 0.25) is 0 Å². The van der Waals surface area contributed by atoms with Crippen molar-refractivity contribution in [1.29, 1.82) is 0 Å². The number of carbonyl (C=O) groups excluding carboxylic acids is 1. The monoisotopic (exact) mass is 272 g/mol. The van der Waals surface area contributed by atoms with Crippen LogP contribution in [0.4, 0.5) is 4.79 Å². The molecule has 1 N–H and O–H groups in total. The van der Waals surface area contributed by atoms with Crippen molar-refractivity contribution in [3.63, 3.8) is 0 Å². The number of β-amino-alcohol motifs (C(OH)–C–C–N with tert-alkyl or cyclic N) is 1. The molecule has 0 aromatic rings. The average Bonchev–Trinajstić information content (AvgIpc) is 2.63. The van der Waals surface area contributed by atoms with Gasteiger partial charge in [-0.3, -0.25) is 4.90 Å². The van der Waals surface area contributed by atoms with Crippen LogP contribution in [-0.2, 0) is 4.74 Å². The molecule has 0 aromatic carbocycles. The Labute approximate surface area is 116 Å². The molecule has 0 aromatic heterocycles. The van der Waals surface area contributed by atoms with Crippen LogP contribution in [-0.4, -0.2) is 64.9 Å². The molecule has 112 valence electrons. The zero-order valence-electron chi connectivity index (χ0n) is 12.8. The predicted molar refractivity (Wildman–Crippen MR) is 75.1 cm³/mol. The van der Waals surface area contributed by atoms with Gasteiger partial charge in [0, 0.05) is 31.7 Å². The number of likely N-dealkylation sites (tertiary alicyclic amines) is 1. The van der Waals surface area contributed by atoms with Crippen LogP contribution in [0.3, 0.4) is 0 Å². The van der Waals surface area contributed by atoms with E-state index in [1.165, 1.54) is 0 Å². The van der Waals surface area contributed by atoms with Crippen LogP contribution in [0.1, 0.15) is 41.0 Å². The normalized spacial score (nSPS) is 20.9. The summed E-state index contributed by atoms with van der Waals surface area (Å²) in [7, 11) is 0. The molecule has 19 heavy (non-hydrogen) atoms. The third kappa shape index (κ3) is 4.99. The minimum atomic E-state index is -0.465. The highest BCUT2D eigenvalue weighted by Gasteiger charge is 2.34. The van der Waals surface area contributed by atoms with Gasteiger partial charge in [0.25, 0.3) is 0 Å². The number of carbonyl (C=O) groups is 1. The van der Waals surface area contributed by atoms with E-state index >= 15 is 0 Å². The fraction of sp³-hybridized carbons (Fsp3) is 0.929. The Kier molecular flexibility index (Phi) is 5.62. The summed E-state index contributed by atoms with van der Waals surface area (Å²) in [5.74, 6) is 0. The van der Waals surface area contributed by atoms with E-state index < -0.39 is 5.60 Å². The highest BCUT2D eigenvalue weighted by molar-refractivity contribution is 5.69. The number of rotatable bonds is 4. The standard InChI is InChI=1S/C14H28N2O3/c1-11(2)16(13(18)19-14(3,4)5)12-6-7-15(10-12)8-9-17/h11-12,17H,6-10H2,1-5H3. The zero-order valence-corrected chi connectivity index (χ0v) is 12.8. The molecule has 1 amide bonds. The molecule has 0 bridgehead atoms. The summed E-state index contributed by atoms with van der Waals surface area (Å²) in [6.45, 7) is 12.3. The van der Waals surface area contributed by atoms with Gasteiger partial charge in [-0.2, -0.15) is 0 Å². The molecule has 0 saturated carbocycles. The number of amides is 1. The largest absolute Gasteiger partial charge is 0.444 e. The Hall–Kier alpha value is -0.810. The Morgan fingerprint density at radius 2 is 2.11 bits per heavy atom. The fourth-order valence-corrected chi connectivity index (χ4v) is 2.48. The maximum atomic E-state index is 12.3. The Morgan fingerprint density at radius 1 is 1.47 bits per heavy atom. The molecular formula is C14H28N2O3. The summed E-state index contributed by atoms with van der Waals surface area (Å²) >= 11 is 0. The fourth-order valence-electron chi connectivity index (χ4n) is 2.48. The first kappa shape index (κ1) is 16.2. The minimum absolute atomic E-state index is 0.119. The second-order valence-corrected chi connectivity index (χ2v) is 6.45. The van der Waals surface area contributed by atoms with E-state index in [1.807, 2.05) is 39.5 Å². The van der Waals surface area contributed by atoms with Crippen LogP contribution < -0.4 is 0 Å². The van der Waals surface area contributed by atoms with E-state index in [0.717, 1.165) is 19.5 Å². The van der Waals surface area contributed by atoms with Crippen molar-refractivity contribution in [2.45, 2.75) is 58.7 Å². The first-order valence-electron chi connectivity index (χ1n) is 7.09. The molecule has 1 aliphatic rings. The van der Waals surface area contributed by atoms with Gasteiger partial charge in [0.15, 0.2) is 0 Å². The predicted octanol–water partition coefficient (Wildman–Crippen LogP) is 1.70. The summed E-state index contributed by atoms with van der Waals surface area (Å²) < 4.78 is 5.49. The van der Waals surface area contributed by atoms with Crippen LogP contribution in [0.15, 0.2) is 0 Å². The van der Waals surface area contributed by atoms with E-state index in [-0.39, 0.29) is 24.8 Å². The first-order chi connectivity index (χ1) is 8.74. The average molecular weight is 272 g/mol. The molecule has 5 nitrogen and oxygen atoms in total. The molecule has 1 atom stereocenters. The highest BCUT2D eigenvalue weighted by atomic mass is 16.6. The van der Waals surface area contributed by atoms with Gasteiger partial charge in [-0.1, -0.05) is 0 Å². The first-order valence-corrected chi connectivity index (χ1v) is 7.09. The molecule has 0 aliphatic carbocycles. The maximum Gasteiger partial charge on any atom is 0.410 e. The van der Waals surface area contributed by atoms with Crippen LogP contribution in [0.5, 0.6) is 0 Å². The second kappa shape index (κ2) is 6.57. The van der Waals surface area contributed by atoms with Crippen molar-refractivity contribution < 1.29 is 14.6 Å². The number of aliphatic hydroxyl groups excluding tert-OH is 1. The molecule has 1 rings (SSSR count). The third-order valence-electron chi connectivity index (χ3n) is 3.22. The lowest BCUT2D eigenvalue weighted by Crippen LogP contribution is -2.48. The van der Waals surface area contributed by atoms with Crippen LogP contribution in [0, 0.1) is 0 Å². The van der Waals surface area contributed by atoms with Crippen LogP contribution in [0.25, 0.3) is 0 Å². The lowest BCUT2D eigenvalue weighted by Gasteiger charge is -2.34. The molecule has 0 spiro atoms. The summed E-state index contributed by atoms with van der Waals surface area (Å²) in [6.07, 6.45) is 0.704. The smallest absolute Gasteiger partial charge is 0.410 e. The molecule has 0 radical (unpaired) electrons. The van der Waals surface area contributed by atoms with Crippen LogP contribution in [0.2, 0.25) is 0 Å². The molecule has 5 heteroatoms. The van der Waals surface area contributed by atoms with Gasteiger partial charge in [0.05, 0.1) is 6.61 Å².